The van der Waals surface area contributed by atoms with Gasteiger partial charge in [-0.25, -0.2) is 4.39 Å². The summed E-state index contributed by atoms with van der Waals surface area (Å²) in [5.74, 6) is 0.488. The maximum Gasteiger partial charge on any atom is 0.227 e. The highest BCUT2D eigenvalue weighted by atomic mass is 19.1. The third kappa shape index (κ3) is 3.27. The van der Waals surface area contributed by atoms with Gasteiger partial charge in [-0.1, -0.05) is 11.2 Å². The van der Waals surface area contributed by atoms with Crippen LogP contribution in [0.1, 0.15) is 11.5 Å². The number of ether oxygens (including phenoxy) is 1. The molecule has 2 rings (SSSR count). The Labute approximate surface area is 104 Å². The Bertz CT molecular complexity index is 488. The van der Waals surface area contributed by atoms with Gasteiger partial charge < -0.3 is 14.6 Å². The number of nitrogens with zero attached hydrogens (tertiary/aromatic N) is 2. The van der Waals surface area contributed by atoms with Crippen LogP contribution in [0.5, 0.6) is 5.75 Å². The highest BCUT2D eigenvalue weighted by Gasteiger charge is 2.03. The van der Waals surface area contributed by atoms with E-state index < -0.39 is 0 Å². The number of benzene rings is 1. The number of hydrogen-bond donors (Lipinski definition) is 1. The van der Waals surface area contributed by atoms with E-state index in [4.69, 9.17) is 9.26 Å². The minimum Gasteiger partial charge on any atom is -0.494 e. The van der Waals surface area contributed by atoms with E-state index in [1.807, 2.05) is 6.07 Å². The lowest BCUT2D eigenvalue weighted by Gasteiger charge is -2.06. The minimum absolute atomic E-state index is 0.254. The normalized spacial score (nSPS) is 10.6. The second-order valence-corrected chi connectivity index (χ2v) is 3.73. The first-order valence-corrected chi connectivity index (χ1v) is 5.58. The van der Waals surface area contributed by atoms with Gasteiger partial charge in [-0.05, 0) is 17.7 Å². The largest absolute Gasteiger partial charge is 0.494 e. The average molecular weight is 251 g/mol. The summed E-state index contributed by atoms with van der Waals surface area (Å²) in [5, 5.41) is 6.68. The third-order valence-corrected chi connectivity index (χ3v) is 2.47. The van der Waals surface area contributed by atoms with Crippen molar-refractivity contribution in [1.82, 2.24) is 15.5 Å². The first-order chi connectivity index (χ1) is 8.79. The van der Waals surface area contributed by atoms with Gasteiger partial charge in [0.05, 0.1) is 7.11 Å². The van der Waals surface area contributed by atoms with Crippen molar-refractivity contribution in [2.24, 2.45) is 0 Å². The summed E-state index contributed by atoms with van der Waals surface area (Å²) in [5.41, 5.74) is 0.860. The molecule has 0 aliphatic carbocycles. The van der Waals surface area contributed by atoms with Crippen LogP contribution in [-0.2, 0) is 13.0 Å². The van der Waals surface area contributed by atoms with Crippen LogP contribution in [0.4, 0.5) is 4.39 Å². The number of hydrogen-bond acceptors (Lipinski definition) is 5. The second-order valence-electron chi connectivity index (χ2n) is 3.73. The van der Waals surface area contributed by atoms with Crippen molar-refractivity contribution < 1.29 is 13.7 Å². The molecule has 2 aromatic rings. The van der Waals surface area contributed by atoms with E-state index in [2.05, 4.69) is 15.5 Å². The lowest BCUT2D eigenvalue weighted by Crippen LogP contribution is -2.16. The molecule has 0 radical (unpaired) electrons. The predicted octanol–water partition coefficient (Wildman–Crippen LogP) is 1.55. The zero-order valence-corrected chi connectivity index (χ0v) is 10.0. The fraction of sp³-hybridized carbons (Fsp3) is 0.333. The lowest BCUT2D eigenvalue weighted by molar-refractivity contribution is 0.374. The molecule has 1 N–H and O–H groups in total. The topological polar surface area (TPSA) is 60.2 Å². The van der Waals surface area contributed by atoms with Crippen molar-refractivity contribution in [3.05, 3.63) is 41.8 Å². The minimum atomic E-state index is -0.353. The molecule has 0 aliphatic heterocycles. The molecule has 0 saturated heterocycles. The van der Waals surface area contributed by atoms with Gasteiger partial charge >= 0.3 is 0 Å². The summed E-state index contributed by atoms with van der Waals surface area (Å²) < 4.78 is 23.1. The molecular formula is C12H14FN3O2. The smallest absolute Gasteiger partial charge is 0.227 e. The molecule has 0 atom stereocenters. The molecule has 0 fully saturated rings. The van der Waals surface area contributed by atoms with E-state index in [0.717, 1.165) is 5.56 Å². The van der Waals surface area contributed by atoms with E-state index in [1.54, 1.807) is 6.07 Å². The van der Waals surface area contributed by atoms with E-state index in [-0.39, 0.29) is 11.6 Å². The Balaban J connectivity index is 1.78. The van der Waals surface area contributed by atoms with Gasteiger partial charge in [-0.3, -0.25) is 0 Å². The molecule has 5 nitrogen and oxygen atoms in total. The summed E-state index contributed by atoms with van der Waals surface area (Å²) >= 11 is 0. The van der Waals surface area contributed by atoms with Gasteiger partial charge in [-0.2, -0.15) is 4.98 Å². The summed E-state index contributed by atoms with van der Waals surface area (Å²) in [6.45, 7) is 1.27. The van der Waals surface area contributed by atoms with Crippen LogP contribution in [-0.4, -0.2) is 23.8 Å². The highest BCUT2D eigenvalue weighted by Crippen LogP contribution is 2.17. The Kier molecular flexibility index (Phi) is 4.25. The quantitative estimate of drug-likeness (QED) is 0.789. The van der Waals surface area contributed by atoms with Crippen LogP contribution in [0.2, 0.25) is 0 Å². The SMILES string of the molecule is COc1ccc(CNCCc2ncno2)cc1F. The highest BCUT2D eigenvalue weighted by molar-refractivity contribution is 5.29. The lowest BCUT2D eigenvalue weighted by atomic mass is 10.2. The molecule has 0 aliphatic rings. The van der Waals surface area contributed by atoms with Crippen LogP contribution < -0.4 is 10.1 Å². The summed E-state index contributed by atoms with van der Waals surface area (Å²) in [6, 6.07) is 4.89. The van der Waals surface area contributed by atoms with Crippen molar-refractivity contribution in [2.75, 3.05) is 13.7 Å². The number of nitrogens with one attached hydrogen (secondary N) is 1. The molecule has 0 bridgehead atoms. The van der Waals surface area contributed by atoms with Crippen molar-refractivity contribution in [2.45, 2.75) is 13.0 Å². The van der Waals surface area contributed by atoms with Crippen molar-refractivity contribution >= 4 is 0 Å². The molecular weight excluding hydrogens is 237 g/mol. The van der Waals surface area contributed by atoms with E-state index in [9.17, 15) is 4.39 Å². The van der Waals surface area contributed by atoms with Crippen LogP contribution in [0.25, 0.3) is 0 Å². The molecule has 0 unspecified atom stereocenters. The van der Waals surface area contributed by atoms with Crippen LogP contribution >= 0.6 is 0 Å². The van der Waals surface area contributed by atoms with Gasteiger partial charge in [0, 0.05) is 19.5 Å². The fourth-order valence-electron chi connectivity index (χ4n) is 1.55. The molecule has 1 aromatic heterocycles. The molecule has 0 amide bonds. The first kappa shape index (κ1) is 12.5. The Hall–Kier alpha value is -1.95. The first-order valence-electron chi connectivity index (χ1n) is 5.58. The fourth-order valence-corrected chi connectivity index (χ4v) is 1.55. The monoisotopic (exact) mass is 251 g/mol. The number of rotatable bonds is 6. The summed E-state index contributed by atoms with van der Waals surface area (Å²) in [7, 11) is 1.45. The molecule has 1 aromatic carbocycles. The molecule has 96 valence electrons. The van der Waals surface area contributed by atoms with E-state index in [0.29, 0.717) is 25.4 Å². The molecule has 0 spiro atoms. The van der Waals surface area contributed by atoms with Gasteiger partial charge in [0.1, 0.15) is 0 Å². The Morgan fingerprint density at radius 1 is 1.44 bits per heavy atom. The van der Waals surface area contributed by atoms with Crippen LogP contribution in [0, 0.1) is 5.82 Å². The second kappa shape index (κ2) is 6.11. The third-order valence-electron chi connectivity index (χ3n) is 2.47. The van der Waals surface area contributed by atoms with E-state index in [1.165, 1.54) is 19.5 Å². The van der Waals surface area contributed by atoms with Crippen molar-refractivity contribution in [1.29, 1.82) is 0 Å². The van der Waals surface area contributed by atoms with Gasteiger partial charge in [0.15, 0.2) is 17.9 Å². The van der Waals surface area contributed by atoms with Gasteiger partial charge in [0.2, 0.25) is 5.89 Å². The zero-order valence-electron chi connectivity index (χ0n) is 10.0. The maximum absolute atomic E-state index is 13.4. The van der Waals surface area contributed by atoms with Crippen LogP contribution in [0.15, 0.2) is 29.0 Å². The zero-order chi connectivity index (χ0) is 12.8. The maximum atomic E-state index is 13.4. The number of methoxy groups -OCH3 is 1. The average Bonchev–Trinajstić information content (AvgIpc) is 2.88. The summed E-state index contributed by atoms with van der Waals surface area (Å²) in [4.78, 5) is 3.90. The van der Waals surface area contributed by atoms with Crippen LogP contribution in [0.3, 0.4) is 0 Å². The molecule has 6 heteroatoms. The standard InChI is InChI=1S/C12H14FN3O2/c1-17-11-3-2-9(6-10(11)13)7-14-5-4-12-15-8-16-18-12/h2-3,6,8,14H,4-5,7H2,1H3. The Morgan fingerprint density at radius 2 is 2.33 bits per heavy atom. The number of halogens is 1. The van der Waals surface area contributed by atoms with Gasteiger partial charge in [0.25, 0.3) is 0 Å². The van der Waals surface area contributed by atoms with Crippen molar-refractivity contribution in [3.63, 3.8) is 0 Å². The predicted molar refractivity (Wildman–Crippen MR) is 62.7 cm³/mol. The summed E-state index contributed by atoms with van der Waals surface area (Å²) in [6.07, 6.45) is 2.02. The molecule has 18 heavy (non-hydrogen) atoms. The molecule has 1 heterocycles. The van der Waals surface area contributed by atoms with Gasteiger partial charge in [-0.15, -0.1) is 0 Å². The van der Waals surface area contributed by atoms with Crippen molar-refractivity contribution in [3.8, 4) is 5.75 Å². The van der Waals surface area contributed by atoms with E-state index >= 15 is 0 Å². The number of aromatic nitrogens is 2. The Morgan fingerprint density at radius 3 is 3.00 bits per heavy atom. The molecule has 0 saturated carbocycles.